The molecule has 0 radical (unpaired) electrons. The Hall–Kier alpha value is -1.66. The average Bonchev–Trinajstić information content (AvgIpc) is 3.00. The predicted octanol–water partition coefficient (Wildman–Crippen LogP) is 1.65. The van der Waals surface area contributed by atoms with Crippen molar-refractivity contribution in [3.63, 3.8) is 0 Å². The Morgan fingerprint density at radius 2 is 1.89 bits per heavy atom. The molecular weight excluding hydrogens is 342 g/mol. The number of carbonyl (C=O) groups excluding carboxylic acids is 1. The highest BCUT2D eigenvalue weighted by Crippen LogP contribution is 2.31. The SMILES string of the molecule is Cc1cccc(=O)n1CCC(=O)N1C[C@H]2CC[C@@H]1CN(C1CCOCC1)C2. The third-order valence-corrected chi connectivity index (χ3v) is 6.59. The lowest BCUT2D eigenvalue weighted by molar-refractivity contribution is -0.135. The molecule has 0 unspecified atom stereocenters. The van der Waals surface area contributed by atoms with Crippen LogP contribution in [0.15, 0.2) is 23.0 Å². The van der Waals surface area contributed by atoms with Crippen molar-refractivity contribution in [3.05, 3.63) is 34.2 Å². The third kappa shape index (κ3) is 4.11. The standard InChI is InChI=1S/C21H31N3O3/c1-16-3-2-4-20(25)23(16)10-7-21(26)24-14-17-5-6-19(24)15-22(13-17)18-8-11-27-12-9-18/h2-4,17-19H,5-15H2,1H3/t17-,19+/m0/s1. The van der Waals surface area contributed by atoms with E-state index in [1.54, 1.807) is 16.7 Å². The summed E-state index contributed by atoms with van der Waals surface area (Å²) in [4.78, 5) is 29.8. The van der Waals surface area contributed by atoms with E-state index < -0.39 is 0 Å². The van der Waals surface area contributed by atoms with Crippen molar-refractivity contribution in [2.24, 2.45) is 5.92 Å². The van der Waals surface area contributed by atoms with Gasteiger partial charge < -0.3 is 14.2 Å². The molecule has 1 aromatic heterocycles. The van der Waals surface area contributed by atoms with Gasteiger partial charge in [0.1, 0.15) is 0 Å². The molecule has 0 saturated carbocycles. The molecule has 2 bridgehead atoms. The maximum atomic E-state index is 13.0. The molecule has 0 aliphatic carbocycles. The summed E-state index contributed by atoms with van der Waals surface area (Å²) >= 11 is 0. The van der Waals surface area contributed by atoms with Crippen molar-refractivity contribution in [2.75, 3.05) is 32.8 Å². The molecule has 4 fully saturated rings. The van der Waals surface area contributed by atoms with Gasteiger partial charge in [0.25, 0.3) is 5.56 Å². The largest absolute Gasteiger partial charge is 0.381 e. The van der Waals surface area contributed by atoms with Crippen LogP contribution in [-0.4, -0.2) is 65.2 Å². The van der Waals surface area contributed by atoms with Gasteiger partial charge in [0.05, 0.1) is 0 Å². The van der Waals surface area contributed by atoms with Crippen LogP contribution in [-0.2, 0) is 16.1 Å². The molecule has 0 aromatic carbocycles. The van der Waals surface area contributed by atoms with Gasteiger partial charge in [-0.05, 0) is 44.6 Å². The van der Waals surface area contributed by atoms with Crippen molar-refractivity contribution in [1.29, 1.82) is 0 Å². The van der Waals surface area contributed by atoms with Crippen LogP contribution in [0, 0.1) is 12.8 Å². The van der Waals surface area contributed by atoms with E-state index in [9.17, 15) is 9.59 Å². The molecule has 4 aliphatic rings. The first-order valence-electron chi connectivity index (χ1n) is 10.4. The van der Waals surface area contributed by atoms with Crippen LogP contribution < -0.4 is 5.56 Å². The molecule has 27 heavy (non-hydrogen) atoms. The topological polar surface area (TPSA) is 54.8 Å². The minimum Gasteiger partial charge on any atom is -0.381 e. The lowest BCUT2D eigenvalue weighted by Crippen LogP contribution is -2.48. The molecule has 1 amide bonds. The van der Waals surface area contributed by atoms with Gasteiger partial charge >= 0.3 is 0 Å². The van der Waals surface area contributed by atoms with Gasteiger partial charge in [0.15, 0.2) is 0 Å². The van der Waals surface area contributed by atoms with E-state index in [1.807, 2.05) is 13.0 Å². The van der Waals surface area contributed by atoms with E-state index in [0.29, 0.717) is 31.0 Å². The van der Waals surface area contributed by atoms with Crippen molar-refractivity contribution in [1.82, 2.24) is 14.4 Å². The third-order valence-electron chi connectivity index (χ3n) is 6.59. The maximum Gasteiger partial charge on any atom is 0.250 e. The van der Waals surface area contributed by atoms with Gasteiger partial charge in [-0.3, -0.25) is 14.5 Å². The fourth-order valence-corrected chi connectivity index (χ4v) is 5.03. The van der Waals surface area contributed by atoms with Crippen molar-refractivity contribution in [2.45, 2.75) is 57.7 Å². The molecule has 6 heteroatoms. The quantitative estimate of drug-likeness (QED) is 0.805. The number of hydrogen-bond acceptors (Lipinski definition) is 4. The summed E-state index contributed by atoms with van der Waals surface area (Å²) in [5.41, 5.74) is 0.893. The number of rotatable bonds is 4. The Kier molecular flexibility index (Phi) is 5.64. The highest BCUT2D eigenvalue weighted by molar-refractivity contribution is 5.76. The molecule has 0 N–H and O–H groups in total. The van der Waals surface area contributed by atoms with Crippen molar-refractivity contribution < 1.29 is 9.53 Å². The van der Waals surface area contributed by atoms with Crippen LogP contribution >= 0.6 is 0 Å². The van der Waals surface area contributed by atoms with Crippen LogP contribution in [0.5, 0.6) is 0 Å². The van der Waals surface area contributed by atoms with Crippen LogP contribution in [0.3, 0.4) is 0 Å². The summed E-state index contributed by atoms with van der Waals surface area (Å²) in [6.45, 7) is 7.12. The minimum atomic E-state index is -0.0223. The summed E-state index contributed by atoms with van der Waals surface area (Å²) in [6.07, 6.45) is 4.98. The Bertz CT molecular complexity index is 726. The second-order valence-corrected chi connectivity index (χ2v) is 8.35. The summed E-state index contributed by atoms with van der Waals surface area (Å²) in [5.74, 6) is 0.783. The Morgan fingerprint density at radius 1 is 1.07 bits per heavy atom. The Labute approximate surface area is 161 Å². The number of nitrogens with zero attached hydrogens (tertiary/aromatic N) is 3. The molecular formula is C21H31N3O3. The van der Waals surface area contributed by atoms with Crippen LogP contribution in [0.2, 0.25) is 0 Å². The second-order valence-electron chi connectivity index (χ2n) is 8.35. The van der Waals surface area contributed by atoms with Gasteiger partial charge in [0, 0.05) is 69.7 Å². The van der Waals surface area contributed by atoms with E-state index in [2.05, 4.69) is 9.80 Å². The Morgan fingerprint density at radius 3 is 2.67 bits per heavy atom. The molecule has 148 valence electrons. The first kappa shape index (κ1) is 18.7. The molecule has 4 aliphatic heterocycles. The smallest absolute Gasteiger partial charge is 0.250 e. The number of fused-ring (bicyclic) bond motifs is 4. The number of carbonyl (C=O) groups is 1. The number of pyridine rings is 1. The van der Waals surface area contributed by atoms with E-state index in [-0.39, 0.29) is 11.5 Å². The van der Waals surface area contributed by atoms with Gasteiger partial charge in [-0.1, -0.05) is 6.07 Å². The molecule has 5 heterocycles. The number of piperidine rings is 1. The lowest BCUT2D eigenvalue weighted by Gasteiger charge is -2.37. The molecule has 2 atom stereocenters. The van der Waals surface area contributed by atoms with Gasteiger partial charge in [-0.2, -0.15) is 0 Å². The monoisotopic (exact) mass is 373 g/mol. The zero-order chi connectivity index (χ0) is 18.8. The second kappa shape index (κ2) is 8.15. The van der Waals surface area contributed by atoms with E-state index in [4.69, 9.17) is 4.74 Å². The molecule has 4 saturated heterocycles. The summed E-state index contributed by atoms with van der Waals surface area (Å²) in [5, 5.41) is 0. The fraction of sp³-hybridized carbons (Fsp3) is 0.714. The zero-order valence-corrected chi connectivity index (χ0v) is 16.3. The van der Waals surface area contributed by atoms with E-state index in [0.717, 1.165) is 57.8 Å². The summed E-state index contributed by atoms with van der Waals surface area (Å²) < 4.78 is 7.24. The molecule has 0 spiro atoms. The Balaban J connectivity index is 1.40. The fourth-order valence-electron chi connectivity index (χ4n) is 5.03. The van der Waals surface area contributed by atoms with Crippen LogP contribution in [0.25, 0.3) is 0 Å². The minimum absolute atomic E-state index is 0.0223. The van der Waals surface area contributed by atoms with Crippen LogP contribution in [0.4, 0.5) is 0 Å². The molecule has 6 nitrogen and oxygen atoms in total. The number of aryl methyl sites for hydroxylation is 1. The normalized spacial score (nSPS) is 26.9. The number of hydrogen-bond donors (Lipinski definition) is 0. The number of aromatic nitrogens is 1. The van der Waals surface area contributed by atoms with Crippen LogP contribution in [0.1, 0.15) is 37.8 Å². The van der Waals surface area contributed by atoms with E-state index in [1.165, 1.54) is 6.42 Å². The first-order chi connectivity index (χ1) is 13.1. The highest BCUT2D eigenvalue weighted by atomic mass is 16.5. The van der Waals surface area contributed by atoms with Gasteiger partial charge in [-0.25, -0.2) is 0 Å². The molecule has 5 rings (SSSR count). The average molecular weight is 373 g/mol. The van der Waals surface area contributed by atoms with Gasteiger partial charge in [0.2, 0.25) is 5.91 Å². The van der Waals surface area contributed by atoms with Crippen molar-refractivity contribution >= 4 is 5.91 Å². The predicted molar refractivity (Wildman–Crippen MR) is 104 cm³/mol. The maximum absolute atomic E-state index is 13.0. The van der Waals surface area contributed by atoms with Gasteiger partial charge in [-0.15, -0.1) is 0 Å². The molecule has 1 aromatic rings. The summed E-state index contributed by atoms with van der Waals surface area (Å²) in [7, 11) is 0. The summed E-state index contributed by atoms with van der Waals surface area (Å²) in [6, 6.07) is 6.20. The lowest BCUT2D eigenvalue weighted by atomic mass is 9.94. The number of amides is 1. The number of ether oxygens (including phenoxy) is 1. The highest BCUT2D eigenvalue weighted by Gasteiger charge is 2.39. The first-order valence-corrected chi connectivity index (χ1v) is 10.4. The zero-order valence-electron chi connectivity index (χ0n) is 16.3. The van der Waals surface area contributed by atoms with E-state index >= 15 is 0 Å². The van der Waals surface area contributed by atoms with Crippen molar-refractivity contribution in [3.8, 4) is 0 Å².